The highest BCUT2D eigenvalue weighted by atomic mass is 35.5. The zero-order valence-corrected chi connectivity index (χ0v) is 11.2. The molecule has 1 N–H and O–H groups in total. The summed E-state index contributed by atoms with van der Waals surface area (Å²) in [6, 6.07) is 6.68. The van der Waals surface area contributed by atoms with Gasteiger partial charge in [-0.1, -0.05) is 29.3 Å². The monoisotopic (exact) mass is 283 g/mol. The number of benzene rings is 1. The summed E-state index contributed by atoms with van der Waals surface area (Å²) in [5.74, 6) is -0.336. The Kier molecular flexibility index (Phi) is 3.89. The van der Waals surface area contributed by atoms with E-state index in [9.17, 15) is 4.79 Å². The quantitative estimate of drug-likeness (QED) is 0.938. The summed E-state index contributed by atoms with van der Waals surface area (Å²) in [6.07, 6.45) is 1.74. The van der Waals surface area contributed by atoms with Crippen LogP contribution in [-0.4, -0.2) is 15.7 Å². The Bertz CT molecular complexity index is 560. The number of nitrogens with one attached hydrogen (secondary N) is 1. The molecule has 2 aromatic rings. The minimum Gasteiger partial charge on any atom is -0.318 e. The van der Waals surface area contributed by atoms with Crippen molar-refractivity contribution >= 4 is 34.8 Å². The molecule has 6 heteroatoms. The van der Waals surface area contributed by atoms with Crippen LogP contribution in [0, 0.1) is 0 Å². The van der Waals surface area contributed by atoms with Crippen LogP contribution in [0.4, 0.5) is 5.69 Å². The Morgan fingerprint density at radius 3 is 2.56 bits per heavy atom. The first kappa shape index (κ1) is 12.9. The molecular formula is C12H11Cl2N3O. The summed E-state index contributed by atoms with van der Waals surface area (Å²) in [5.41, 5.74) is 0.727. The standard InChI is InChI=1S/C12H11Cl2N3O/c1-2-17-7-6-10(16-17)12(18)15-11-8(13)4-3-5-9(11)14/h3-7H,2H2,1H3,(H,15,18). The van der Waals surface area contributed by atoms with Gasteiger partial charge in [0.25, 0.3) is 5.91 Å². The van der Waals surface area contributed by atoms with Crippen molar-refractivity contribution in [2.24, 2.45) is 0 Å². The number of amides is 1. The van der Waals surface area contributed by atoms with Crippen LogP contribution in [0.25, 0.3) is 0 Å². The van der Waals surface area contributed by atoms with Crippen molar-refractivity contribution in [2.45, 2.75) is 13.5 Å². The van der Waals surface area contributed by atoms with Crippen molar-refractivity contribution in [2.75, 3.05) is 5.32 Å². The van der Waals surface area contributed by atoms with Gasteiger partial charge in [-0.3, -0.25) is 9.48 Å². The van der Waals surface area contributed by atoms with Crippen LogP contribution >= 0.6 is 23.2 Å². The second kappa shape index (κ2) is 5.42. The van der Waals surface area contributed by atoms with E-state index in [0.717, 1.165) is 0 Å². The Labute approximate surface area is 115 Å². The average molecular weight is 284 g/mol. The van der Waals surface area contributed by atoms with Gasteiger partial charge in [-0.2, -0.15) is 5.10 Å². The van der Waals surface area contributed by atoms with Gasteiger partial charge < -0.3 is 5.32 Å². The zero-order chi connectivity index (χ0) is 13.1. The van der Waals surface area contributed by atoms with Gasteiger partial charge in [0, 0.05) is 12.7 Å². The number of aromatic nitrogens is 2. The van der Waals surface area contributed by atoms with Gasteiger partial charge in [-0.05, 0) is 25.1 Å². The number of nitrogens with zero attached hydrogens (tertiary/aromatic N) is 2. The molecule has 0 radical (unpaired) electrons. The van der Waals surface area contributed by atoms with Crippen LogP contribution in [0.2, 0.25) is 10.0 Å². The van der Waals surface area contributed by atoms with E-state index in [1.54, 1.807) is 35.1 Å². The Morgan fingerprint density at radius 1 is 1.33 bits per heavy atom. The van der Waals surface area contributed by atoms with Gasteiger partial charge in [-0.15, -0.1) is 0 Å². The van der Waals surface area contributed by atoms with E-state index in [-0.39, 0.29) is 5.91 Å². The number of hydrogen-bond acceptors (Lipinski definition) is 2. The van der Waals surface area contributed by atoms with Gasteiger partial charge in [0.15, 0.2) is 5.69 Å². The summed E-state index contributed by atoms with van der Waals surface area (Å²) in [7, 11) is 0. The molecule has 0 aliphatic heterocycles. The minimum atomic E-state index is -0.336. The van der Waals surface area contributed by atoms with Crippen molar-refractivity contribution in [3.63, 3.8) is 0 Å². The lowest BCUT2D eigenvalue weighted by Gasteiger charge is -2.07. The molecule has 0 atom stereocenters. The molecule has 0 fully saturated rings. The summed E-state index contributed by atoms with van der Waals surface area (Å²) < 4.78 is 1.67. The molecule has 1 amide bonds. The highest BCUT2D eigenvalue weighted by molar-refractivity contribution is 6.39. The molecule has 0 unspecified atom stereocenters. The Hall–Kier alpha value is -1.52. The topological polar surface area (TPSA) is 46.9 Å². The van der Waals surface area contributed by atoms with Crippen LogP contribution in [0.3, 0.4) is 0 Å². The van der Waals surface area contributed by atoms with Crippen LogP contribution in [0.15, 0.2) is 30.5 Å². The fourth-order valence-electron chi connectivity index (χ4n) is 1.45. The first-order valence-corrected chi connectivity index (χ1v) is 6.16. The normalized spacial score (nSPS) is 10.4. The van der Waals surface area contributed by atoms with Gasteiger partial charge in [-0.25, -0.2) is 0 Å². The number of hydrogen-bond donors (Lipinski definition) is 1. The molecule has 0 saturated carbocycles. The number of halogens is 2. The van der Waals surface area contributed by atoms with E-state index in [1.165, 1.54) is 0 Å². The fraction of sp³-hybridized carbons (Fsp3) is 0.167. The van der Waals surface area contributed by atoms with Gasteiger partial charge >= 0.3 is 0 Å². The molecule has 0 spiro atoms. The lowest BCUT2D eigenvalue weighted by atomic mass is 10.3. The third-order valence-corrected chi connectivity index (χ3v) is 3.03. The van der Waals surface area contributed by atoms with E-state index in [2.05, 4.69) is 10.4 Å². The van der Waals surface area contributed by atoms with Crippen molar-refractivity contribution in [3.8, 4) is 0 Å². The summed E-state index contributed by atoms with van der Waals surface area (Å²) >= 11 is 11.9. The Morgan fingerprint density at radius 2 is 2.00 bits per heavy atom. The highest BCUT2D eigenvalue weighted by Gasteiger charge is 2.13. The molecular weight excluding hydrogens is 273 g/mol. The first-order chi connectivity index (χ1) is 8.61. The number of carbonyl (C=O) groups is 1. The summed E-state index contributed by atoms with van der Waals surface area (Å²) in [6.45, 7) is 2.65. The molecule has 18 heavy (non-hydrogen) atoms. The van der Waals surface area contributed by atoms with Crippen LogP contribution in [0.5, 0.6) is 0 Å². The molecule has 94 valence electrons. The smallest absolute Gasteiger partial charge is 0.276 e. The molecule has 0 aliphatic carbocycles. The predicted molar refractivity (Wildman–Crippen MR) is 72.3 cm³/mol. The molecule has 2 rings (SSSR count). The maximum absolute atomic E-state index is 11.9. The second-order valence-corrected chi connectivity index (χ2v) is 4.42. The number of rotatable bonds is 3. The van der Waals surface area contributed by atoms with Crippen molar-refractivity contribution in [3.05, 3.63) is 46.2 Å². The van der Waals surface area contributed by atoms with Crippen LogP contribution in [-0.2, 0) is 6.54 Å². The van der Waals surface area contributed by atoms with Crippen molar-refractivity contribution in [1.82, 2.24) is 9.78 Å². The third-order valence-electron chi connectivity index (χ3n) is 2.40. The van der Waals surface area contributed by atoms with E-state index in [4.69, 9.17) is 23.2 Å². The van der Waals surface area contributed by atoms with Crippen LogP contribution in [0.1, 0.15) is 17.4 Å². The zero-order valence-electron chi connectivity index (χ0n) is 9.65. The molecule has 1 heterocycles. The van der Waals surface area contributed by atoms with Crippen molar-refractivity contribution in [1.29, 1.82) is 0 Å². The van der Waals surface area contributed by atoms with E-state index in [1.807, 2.05) is 6.92 Å². The number of anilines is 1. The molecule has 0 aliphatic rings. The van der Waals surface area contributed by atoms with E-state index < -0.39 is 0 Å². The summed E-state index contributed by atoms with van der Waals surface area (Å²) in [5, 5.41) is 7.54. The van der Waals surface area contributed by atoms with Gasteiger partial charge in [0.2, 0.25) is 0 Å². The molecule has 1 aromatic heterocycles. The maximum atomic E-state index is 11.9. The Balaban J connectivity index is 2.21. The molecule has 0 saturated heterocycles. The average Bonchev–Trinajstić information content (AvgIpc) is 2.82. The summed E-state index contributed by atoms with van der Waals surface area (Å²) in [4.78, 5) is 11.9. The number of aryl methyl sites for hydroxylation is 1. The second-order valence-electron chi connectivity index (χ2n) is 3.61. The molecule has 0 bridgehead atoms. The SMILES string of the molecule is CCn1ccc(C(=O)Nc2c(Cl)cccc2Cl)n1. The maximum Gasteiger partial charge on any atom is 0.276 e. The largest absolute Gasteiger partial charge is 0.318 e. The third kappa shape index (κ3) is 2.66. The lowest BCUT2D eigenvalue weighted by molar-refractivity contribution is 0.102. The number of carbonyl (C=O) groups excluding carboxylic acids is 1. The minimum absolute atomic E-state index is 0.327. The van der Waals surface area contributed by atoms with E-state index >= 15 is 0 Å². The highest BCUT2D eigenvalue weighted by Crippen LogP contribution is 2.29. The number of para-hydroxylation sites is 1. The van der Waals surface area contributed by atoms with Crippen molar-refractivity contribution < 1.29 is 4.79 Å². The molecule has 4 nitrogen and oxygen atoms in total. The van der Waals surface area contributed by atoms with Crippen LogP contribution < -0.4 is 5.32 Å². The lowest BCUT2D eigenvalue weighted by Crippen LogP contribution is -2.14. The van der Waals surface area contributed by atoms with Gasteiger partial charge in [0.05, 0.1) is 15.7 Å². The van der Waals surface area contributed by atoms with Gasteiger partial charge in [0.1, 0.15) is 0 Å². The fourth-order valence-corrected chi connectivity index (χ4v) is 1.95. The predicted octanol–water partition coefficient (Wildman–Crippen LogP) is 3.46. The van der Waals surface area contributed by atoms with E-state index in [0.29, 0.717) is 28.0 Å². The molecule has 1 aromatic carbocycles. The first-order valence-electron chi connectivity index (χ1n) is 5.40.